The molecule has 1 heterocycles. The van der Waals surface area contributed by atoms with Gasteiger partial charge in [0.1, 0.15) is 5.75 Å². The summed E-state index contributed by atoms with van der Waals surface area (Å²) in [6.45, 7) is 6.83. The topological polar surface area (TPSA) is 25.0 Å². The van der Waals surface area contributed by atoms with Gasteiger partial charge in [-0.25, -0.2) is 0 Å². The number of methoxy groups -OCH3 is 1. The Kier molecular flexibility index (Phi) is 4.66. The van der Waals surface area contributed by atoms with E-state index in [1.54, 1.807) is 7.11 Å². The number of aromatic amines is 1. The Hall–Kier alpha value is -2.22. The van der Waals surface area contributed by atoms with Gasteiger partial charge in [-0.1, -0.05) is 57.5 Å². The van der Waals surface area contributed by atoms with Crippen molar-refractivity contribution >= 4 is 10.9 Å². The first kappa shape index (κ1) is 16.6. The molecule has 1 unspecified atom stereocenters. The van der Waals surface area contributed by atoms with Crippen molar-refractivity contribution < 1.29 is 4.74 Å². The zero-order valence-electron chi connectivity index (χ0n) is 15.1. The second-order valence-electron chi connectivity index (χ2n) is 6.71. The minimum atomic E-state index is -0.00830. The maximum absolute atomic E-state index is 5.33. The number of ether oxygens (including phenoxy) is 1. The summed E-state index contributed by atoms with van der Waals surface area (Å²) in [6.07, 6.45) is 5.51. The average Bonchev–Trinajstić information content (AvgIpc) is 3.06. The van der Waals surface area contributed by atoms with Crippen molar-refractivity contribution in [2.75, 3.05) is 7.11 Å². The van der Waals surface area contributed by atoms with E-state index in [9.17, 15) is 0 Å². The number of para-hydroxylation sites is 1. The molecule has 1 aromatic heterocycles. The Balaban J connectivity index is 2.16. The van der Waals surface area contributed by atoms with Gasteiger partial charge in [0.25, 0.3) is 0 Å². The molecule has 1 N–H and O–H groups in total. The third-order valence-electron chi connectivity index (χ3n) is 5.25. The Bertz CT molecular complexity index is 816. The first-order valence-electron chi connectivity index (χ1n) is 8.88. The number of benzene rings is 2. The Morgan fingerprint density at radius 2 is 1.79 bits per heavy atom. The molecule has 0 fully saturated rings. The molecule has 0 aliphatic heterocycles. The number of aryl methyl sites for hydroxylation is 1. The number of fused-ring (bicyclic) bond motifs is 1. The van der Waals surface area contributed by atoms with E-state index in [0.29, 0.717) is 0 Å². The summed E-state index contributed by atoms with van der Waals surface area (Å²) in [5.74, 6) is 0.907. The highest BCUT2D eigenvalue weighted by atomic mass is 16.5. The predicted molar refractivity (Wildman–Crippen MR) is 102 cm³/mol. The highest BCUT2D eigenvalue weighted by Gasteiger charge is 2.30. The number of H-pyrrole nitrogens is 1. The van der Waals surface area contributed by atoms with Gasteiger partial charge in [0.15, 0.2) is 0 Å². The predicted octanol–water partition coefficient (Wildman–Crippen LogP) is 5.85. The molecule has 0 bridgehead atoms. The maximum atomic E-state index is 5.33. The molecule has 0 aliphatic rings. The summed E-state index contributed by atoms with van der Waals surface area (Å²) in [5, 5.41) is 1.35. The van der Waals surface area contributed by atoms with Crippen LogP contribution >= 0.6 is 0 Å². The van der Waals surface area contributed by atoms with Crippen molar-refractivity contribution in [1.82, 2.24) is 4.98 Å². The van der Waals surface area contributed by atoms with Crippen molar-refractivity contribution in [2.24, 2.45) is 0 Å². The van der Waals surface area contributed by atoms with Crippen LogP contribution in [0, 0.1) is 0 Å². The fourth-order valence-electron chi connectivity index (χ4n) is 3.86. The molecule has 2 aromatic carbocycles. The molecular weight excluding hydrogens is 294 g/mol. The quantitative estimate of drug-likeness (QED) is 0.605. The van der Waals surface area contributed by atoms with Crippen LogP contribution in [-0.2, 0) is 11.8 Å². The molecule has 0 aliphatic carbocycles. The van der Waals surface area contributed by atoms with E-state index < -0.39 is 0 Å². The van der Waals surface area contributed by atoms with E-state index >= 15 is 0 Å². The Morgan fingerprint density at radius 1 is 1.04 bits per heavy atom. The molecule has 2 heteroatoms. The molecule has 3 aromatic rings. The number of aromatic nitrogens is 1. The lowest BCUT2D eigenvalue weighted by Gasteiger charge is -2.30. The number of hydrogen-bond acceptors (Lipinski definition) is 1. The van der Waals surface area contributed by atoms with Crippen molar-refractivity contribution in [2.45, 2.75) is 45.4 Å². The molecular formula is C22H27NO. The van der Waals surface area contributed by atoms with Crippen LogP contribution in [0.1, 0.15) is 50.3 Å². The van der Waals surface area contributed by atoms with E-state index in [2.05, 4.69) is 74.4 Å². The molecule has 24 heavy (non-hydrogen) atoms. The zero-order valence-corrected chi connectivity index (χ0v) is 15.1. The minimum absolute atomic E-state index is 0.00830. The monoisotopic (exact) mass is 321 g/mol. The summed E-state index contributed by atoms with van der Waals surface area (Å²) in [4.78, 5) is 3.54. The number of nitrogens with one attached hydrogen (secondary N) is 1. The highest BCUT2D eigenvalue weighted by Crippen LogP contribution is 2.41. The zero-order chi connectivity index (χ0) is 17.2. The van der Waals surface area contributed by atoms with Crippen LogP contribution < -0.4 is 4.74 Å². The van der Waals surface area contributed by atoms with Gasteiger partial charge in [-0.2, -0.15) is 0 Å². The summed E-state index contributed by atoms with van der Waals surface area (Å²) in [6, 6.07) is 15.2. The van der Waals surface area contributed by atoms with Gasteiger partial charge < -0.3 is 9.72 Å². The van der Waals surface area contributed by atoms with Crippen molar-refractivity contribution in [3.8, 4) is 5.75 Å². The van der Waals surface area contributed by atoms with Crippen molar-refractivity contribution in [1.29, 1.82) is 0 Å². The lowest BCUT2D eigenvalue weighted by atomic mass is 9.73. The molecule has 0 radical (unpaired) electrons. The maximum Gasteiger partial charge on any atom is 0.118 e. The van der Waals surface area contributed by atoms with Gasteiger partial charge in [0.2, 0.25) is 0 Å². The van der Waals surface area contributed by atoms with Gasteiger partial charge in [-0.3, -0.25) is 0 Å². The molecule has 3 rings (SSSR count). The number of hydrogen-bond donors (Lipinski definition) is 1. The first-order valence-corrected chi connectivity index (χ1v) is 8.88. The largest absolute Gasteiger partial charge is 0.497 e. The van der Waals surface area contributed by atoms with Crippen LogP contribution in [0.25, 0.3) is 10.9 Å². The van der Waals surface area contributed by atoms with E-state index in [0.717, 1.165) is 25.0 Å². The average molecular weight is 321 g/mol. The standard InChI is InChI=1S/C22H27NO/c1-5-14-22(3,17-10-12-18(24-4)13-11-17)20-15-23-21-16(6-2)8-7-9-19(20)21/h7-13,15,23H,5-6,14H2,1-4H3. The second kappa shape index (κ2) is 6.72. The van der Waals surface area contributed by atoms with Crippen LogP contribution in [0.4, 0.5) is 0 Å². The normalized spacial score (nSPS) is 13.8. The van der Waals surface area contributed by atoms with Gasteiger partial charge in [-0.05, 0) is 41.7 Å². The van der Waals surface area contributed by atoms with Crippen LogP contribution in [-0.4, -0.2) is 12.1 Å². The minimum Gasteiger partial charge on any atom is -0.497 e. The van der Waals surface area contributed by atoms with Crippen molar-refractivity contribution in [3.63, 3.8) is 0 Å². The molecule has 0 spiro atoms. The molecule has 126 valence electrons. The fraction of sp³-hybridized carbons (Fsp3) is 0.364. The summed E-state index contributed by atoms with van der Waals surface area (Å²) < 4.78 is 5.33. The molecule has 0 saturated heterocycles. The van der Waals surface area contributed by atoms with Crippen LogP contribution in [0.2, 0.25) is 0 Å². The Morgan fingerprint density at radius 3 is 2.42 bits per heavy atom. The lowest BCUT2D eigenvalue weighted by Crippen LogP contribution is -2.23. The third-order valence-corrected chi connectivity index (χ3v) is 5.25. The number of rotatable bonds is 6. The van der Waals surface area contributed by atoms with E-state index in [-0.39, 0.29) is 5.41 Å². The van der Waals surface area contributed by atoms with Gasteiger partial charge in [-0.15, -0.1) is 0 Å². The SMILES string of the molecule is CCCC(C)(c1ccc(OC)cc1)c1c[nH]c2c(CC)cccc12. The lowest BCUT2D eigenvalue weighted by molar-refractivity contribution is 0.414. The van der Waals surface area contributed by atoms with Gasteiger partial charge in [0, 0.05) is 22.5 Å². The highest BCUT2D eigenvalue weighted by molar-refractivity contribution is 5.87. The van der Waals surface area contributed by atoms with E-state index in [1.165, 1.54) is 27.6 Å². The first-order chi connectivity index (χ1) is 11.6. The van der Waals surface area contributed by atoms with Crippen LogP contribution in [0.5, 0.6) is 5.75 Å². The van der Waals surface area contributed by atoms with E-state index in [1.807, 2.05) is 0 Å². The van der Waals surface area contributed by atoms with Crippen LogP contribution in [0.3, 0.4) is 0 Å². The fourth-order valence-corrected chi connectivity index (χ4v) is 3.86. The summed E-state index contributed by atoms with van der Waals surface area (Å²) >= 11 is 0. The summed E-state index contributed by atoms with van der Waals surface area (Å²) in [5.41, 5.74) is 5.39. The van der Waals surface area contributed by atoms with Gasteiger partial charge in [0.05, 0.1) is 7.11 Å². The van der Waals surface area contributed by atoms with E-state index in [4.69, 9.17) is 4.74 Å². The third kappa shape index (κ3) is 2.71. The van der Waals surface area contributed by atoms with Crippen LogP contribution in [0.15, 0.2) is 48.7 Å². The molecule has 0 amide bonds. The molecule has 2 nitrogen and oxygen atoms in total. The molecule has 0 saturated carbocycles. The second-order valence-corrected chi connectivity index (χ2v) is 6.71. The molecule has 1 atom stereocenters. The Labute approximate surface area is 144 Å². The smallest absolute Gasteiger partial charge is 0.118 e. The van der Waals surface area contributed by atoms with Crippen molar-refractivity contribution in [3.05, 3.63) is 65.4 Å². The summed E-state index contributed by atoms with van der Waals surface area (Å²) in [7, 11) is 1.71. The van der Waals surface area contributed by atoms with Gasteiger partial charge >= 0.3 is 0 Å².